The van der Waals surface area contributed by atoms with Gasteiger partial charge in [0.15, 0.2) is 0 Å². The Hall–Kier alpha value is -0.110. The van der Waals surface area contributed by atoms with Crippen LogP contribution in [0.15, 0.2) is 0 Å². The fourth-order valence-corrected chi connectivity index (χ4v) is 1.67. The van der Waals surface area contributed by atoms with Crippen molar-refractivity contribution < 1.29 is 18.7 Å². The molecule has 0 atom stereocenters. The lowest BCUT2D eigenvalue weighted by molar-refractivity contribution is 0.129. The molecule has 0 aromatic heterocycles. The van der Waals surface area contributed by atoms with Gasteiger partial charge in [-0.25, -0.2) is 18.2 Å². The Morgan fingerprint density at radius 2 is 1.94 bits per heavy atom. The number of carbonyl (C=O) groups excluding carboxylic acids is 2. The number of alkyl halides is 3. The molecule has 0 spiro atoms. The summed E-state index contributed by atoms with van der Waals surface area (Å²) in [5.74, 6) is 0. The van der Waals surface area contributed by atoms with Crippen molar-refractivity contribution in [3.63, 3.8) is 0 Å². The first kappa shape index (κ1) is 17.9. The lowest BCUT2D eigenvalue weighted by Crippen LogP contribution is -2.32. The summed E-state index contributed by atoms with van der Waals surface area (Å²) in [6.45, 7) is 1.61. The summed E-state index contributed by atoms with van der Waals surface area (Å²) in [6, 6.07) is 0. The SMILES string of the molecule is CCCN(SN(C)C(=O)F)C(=O)OCC(Cl)(Cl)Cl. The molecule has 0 aromatic rings. The number of hydrogen-bond acceptors (Lipinski definition) is 4. The molecule has 5 nitrogen and oxygen atoms in total. The van der Waals surface area contributed by atoms with E-state index >= 15 is 0 Å². The van der Waals surface area contributed by atoms with Gasteiger partial charge < -0.3 is 4.74 Å². The van der Waals surface area contributed by atoms with Crippen LogP contribution >= 0.6 is 46.9 Å². The highest BCUT2D eigenvalue weighted by Gasteiger charge is 2.26. The molecule has 0 saturated heterocycles. The maximum atomic E-state index is 12.4. The fraction of sp³-hybridized carbons (Fsp3) is 0.750. The van der Waals surface area contributed by atoms with E-state index in [0.717, 1.165) is 4.31 Å². The summed E-state index contributed by atoms with van der Waals surface area (Å²) in [6.07, 6.45) is -1.92. The first-order valence-electron chi connectivity index (χ1n) is 4.79. The average Bonchev–Trinajstić information content (AvgIpc) is 2.23. The third-order valence-electron chi connectivity index (χ3n) is 1.46. The summed E-state index contributed by atoms with van der Waals surface area (Å²) >= 11 is 16.8. The highest BCUT2D eigenvalue weighted by molar-refractivity contribution is 7.95. The van der Waals surface area contributed by atoms with Crippen LogP contribution in [0.1, 0.15) is 13.3 Å². The largest absolute Gasteiger partial charge is 0.444 e. The van der Waals surface area contributed by atoms with E-state index < -0.39 is 22.7 Å². The maximum absolute atomic E-state index is 12.4. The average molecular weight is 342 g/mol. The zero-order chi connectivity index (χ0) is 14.3. The molecular formula is C8H12Cl3FN2O3S. The van der Waals surface area contributed by atoms with E-state index in [4.69, 9.17) is 39.5 Å². The maximum Gasteiger partial charge on any atom is 0.421 e. The number of amides is 2. The summed E-state index contributed by atoms with van der Waals surface area (Å²) < 4.78 is 17.0. The summed E-state index contributed by atoms with van der Waals surface area (Å²) in [7, 11) is 1.18. The minimum atomic E-state index is -1.72. The number of halogens is 4. The topological polar surface area (TPSA) is 49.9 Å². The third-order valence-corrected chi connectivity index (χ3v) is 2.70. The molecule has 0 radical (unpaired) electrons. The molecule has 0 aliphatic heterocycles. The van der Waals surface area contributed by atoms with E-state index in [-0.39, 0.29) is 6.54 Å². The van der Waals surface area contributed by atoms with Crippen molar-refractivity contribution in [3.8, 4) is 0 Å². The molecule has 2 amide bonds. The van der Waals surface area contributed by atoms with Crippen LogP contribution in [-0.2, 0) is 4.74 Å². The molecule has 0 rings (SSSR count). The van der Waals surface area contributed by atoms with Gasteiger partial charge in [-0.15, -0.1) is 4.39 Å². The highest BCUT2D eigenvalue weighted by Crippen LogP contribution is 2.27. The van der Waals surface area contributed by atoms with Gasteiger partial charge in [0, 0.05) is 13.6 Å². The normalized spacial score (nSPS) is 11.0. The number of carbonyl (C=O) groups is 2. The van der Waals surface area contributed by atoms with Crippen LogP contribution in [0.5, 0.6) is 0 Å². The van der Waals surface area contributed by atoms with E-state index in [0.29, 0.717) is 22.9 Å². The zero-order valence-corrected chi connectivity index (χ0v) is 12.7. The molecule has 0 N–H and O–H groups in total. The number of hydrogen-bond donors (Lipinski definition) is 0. The van der Waals surface area contributed by atoms with Gasteiger partial charge in [-0.2, -0.15) is 0 Å². The van der Waals surface area contributed by atoms with Gasteiger partial charge in [0.25, 0.3) is 0 Å². The van der Waals surface area contributed by atoms with Crippen LogP contribution in [0.4, 0.5) is 14.0 Å². The van der Waals surface area contributed by atoms with Crippen molar-refractivity contribution in [1.82, 2.24) is 8.61 Å². The Morgan fingerprint density at radius 3 is 2.33 bits per heavy atom. The van der Waals surface area contributed by atoms with Gasteiger partial charge in [-0.1, -0.05) is 41.7 Å². The molecule has 0 aliphatic carbocycles. The monoisotopic (exact) mass is 340 g/mol. The smallest absolute Gasteiger partial charge is 0.421 e. The molecule has 0 bridgehead atoms. The molecule has 0 aromatic carbocycles. The van der Waals surface area contributed by atoms with E-state index in [1.807, 2.05) is 0 Å². The highest BCUT2D eigenvalue weighted by atomic mass is 35.6. The minimum Gasteiger partial charge on any atom is -0.444 e. The molecule has 10 heteroatoms. The molecular weight excluding hydrogens is 330 g/mol. The Kier molecular flexibility index (Phi) is 8.09. The van der Waals surface area contributed by atoms with E-state index in [1.165, 1.54) is 7.05 Å². The van der Waals surface area contributed by atoms with Gasteiger partial charge in [0.05, 0.1) is 12.1 Å². The third kappa shape index (κ3) is 8.07. The fourth-order valence-electron chi connectivity index (χ4n) is 0.764. The Morgan fingerprint density at radius 1 is 1.39 bits per heavy atom. The second-order valence-electron chi connectivity index (χ2n) is 3.10. The minimum absolute atomic E-state index is 0.251. The molecule has 0 fully saturated rings. The molecule has 0 saturated carbocycles. The number of ether oxygens (including phenoxy) is 1. The Labute approximate surface area is 124 Å². The quantitative estimate of drug-likeness (QED) is 0.330. The molecule has 0 aliphatic rings. The van der Waals surface area contributed by atoms with Gasteiger partial charge in [-0.3, -0.25) is 0 Å². The van der Waals surface area contributed by atoms with Crippen molar-refractivity contribution >= 4 is 59.2 Å². The van der Waals surface area contributed by atoms with E-state index in [2.05, 4.69) is 0 Å². The van der Waals surface area contributed by atoms with Crippen LogP contribution in [0.2, 0.25) is 0 Å². The van der Waals surface area contributed by atoms with Crippen molar-refractivity contribution in [2.45, 2.75) is 17.1 Å². The Bertz CT molecular complexity index is 304. The van der Waals surface area contributed by atoms with Crippen LogP contribution < -0.4 is 0 Å². The predicted octanol–water partition coefficient (Wildman–Crippen LogP) is 3.79. The van der Waals surface area contributed by atoms with Crippen molar-refractivity contribution in [2.75, 3.05) is 20.2 Å². The second kappa shape index (κ2) is 8.14. The zero-order valence-electron chi connectivity index (χ0n) is 9.66. The summed E-state index contributed by atoms with van der Waals surface area (Å²) in [4.78, 5) is 22.0. The summed E-state index contributed by atoms with van der Waals surface area (Å²) in [5.41, 5.74) is 0. The predicted molar refractivity (Wildman–Crippen MR) is 70.5 cm³/mol. The van der Waals surface area contributed by atoms with E-state index in [1.54, 1.807) is 6.92 Å². The first-order valence-corrected chi connectivity index (χ1v) is 6.66. The van der Waals surface area contributed by atoms with Crippen LogP contribution in [0.3, 0.4) is 0 Å². The molecule has 106 valence electrons. The van der Waals surface area contributed by atoms with Crippen LogP contribution in [0.25, 0.3) is 0 Å². The lowest BCUT2D eigenvalue weighted by Gasteiger charge is -2.23. The standard InChI is InChI=1S/C8H12Cl3FN2O3S/c1-3-4-14(18-13(2)6(12)15)7(16)17-5-8(9,10)11/h3-5H2,1-2H3. The van der Waals surface area contributed by atoms with E-state index in [9.17, 15) is 14.0 Å². The van der Waals surface area contributed by atoms with Crippen molar-refractivity contribution in [3.05, 3.63) is 0 Å². The Balaban J connectivity index is 4.40. The van der Waals surface area contributed by atoms with Gasteiger partial charge in [-0.05, 0) is 6.42 Å². The van der Waals surface area contributed by atoms with Crippen molar-refractivity contribution in [1.29, 1.82) is 0 Å². The number of rotatable bonds is 5. The summed E-state index contributed by atoms with van der Waals surface area (Å²) in [5, 5.41) is 0. The van der Waals surface area contributed by atoms with Crippen LogP contribution in [-0.4, -0.2) is 44.9 Å². The molecule has 18 heavy (non-hydrogen) atoms. The van der Waals surface area contributed by atoms with Gasteiger partial charge in [0.1, 0.15) is 6.61 Å². The van der Waals surface area contributed by atoms with Crippen molar-refractivity contribution in [2.24, 2.45) is 0 Å². The first-order chi connectivity index (χ1) is 8.17. The molecule has 0 heterocycles. The second-order valence-corrected chi connectivity index (χ2v) is 6.77. The van der Waals surface area contributed by atoms with Gasteiger partial charge in [0.2, 0.25) is 3.79 Å². The van der Waals surface area contributed by atoms with Gasteiger partial charge >= 0.3 is 12.3 Å². The molecule has 0 unspecified atom stereocenters. The van der Waals surface area contributed by atoms with Crippen LogP contribution in [0, 0.1) is 0 Å². The number of nitrogens with zero attached hydrogens (tertiary/aromatic N) is 2. The lowest BCUT2D eigenvalue weighted by atomic mass is 10.5.